The lowest BCUT2D eigenvalue weighted by Gasteiger charge is -1.99. The Morgan fingerprint density at radius 1 is 1.30 bits per heavy atom. The number of rotatable bonds is 0. The van der Waals surface area contributed by atoms with Crippen LogP contribution in [-0.2, 0) is 0 Å². The van der Waals surface area contributed by atoms with Crippen molar-refractivity contribution in [3.05, 3.63) is 31.3 Å². The zero-order valence-electron chi connectivity index (χ0n) is 5.29. The number of benzene rings is 1. The molecule has 0 radical (unpaired) electrons. The van der Waals surface area contributed by atoms with Gasteiger partial charge in [-0.3, -0.25) is 0 Å². The third-order valence-electron chi connectivity index (χ3n) is 1.17. The Bertz CT molecular complexity index is 235. The Morgan fingerprint density at radius 3 is 2.40 bits per heavy atom. The molecule has 0 aromatic heterocycles. The fourth-order valence-electron chi connectivity index (χ4n) is 0.685. The van der Waals surface area contributed by atoms with Crippen LogP contribution in [0.2, 0.25) is 10.0 Å². The topological polar surface area (TPSA) is 0 Å². The molecule has 0 aliphatic heterocycles. The van der Waals surface area contributed by atoms with Gasteiger partial charge in [-0.25, -0.2) is 0 Å². The van der Waals surface area contributed by atoms with Crippen molar-refractivity contribution in [2.24, 2.45) is 0 Å². The molecule has 0 bridgehead atoms. The highest BCUT2D eigenvalue weighted by molar-refractivity contribution is 14.1. The van der Waals surface area contributed by atoms with E-state index in [1.807, 2.05) is 19.1 Å². The third kappa shape index (κ3) is 1.77. The van der Waals surface area contributed by atoms with Gasteiger partial charge in [0.1, 0.15) is 0 Å². The first-order valence-electron chi connectivity index (χ1n) is 2.72. The molecule has 10 heavy (non-hydrogen) atoms. The van der Waals surface area contributed by atoms with Gasteiger partial charge in [0.2, 0.25) is 0 Å². The SMILES string of the molecule is Cc1cc(I)cc(Cl)c1Cl. The van der Waals surface area contributed by atoms with Crippen molar-refractivity contribution in [2.75, 3.05) is 0 Å². The molecule has 0 nitrogen and oxygen atoms in total. The molecule has 0 unspecified atom stereocenters. The summed E-state index contributed by atoms with van der Waals surface area (Å²) in [5, 5.41) is 1.29. The zero-order valence-corrected chi connectivity index (χ0v) is 8.96. The molecular weight excluding hydrogens is 282 g/mol. The van der Waals surface area contributed by atoms with E-state index in [-0.39, 0.29) is 0 Å². The molecule has 0 saturated heterocycles. The van der Waals surface area contributed by atoms with Gasteiger partial charge in [0.05, 0.1) is 10.0 Å². The van der Waals surface area contributed by atoms with E-state index in [0.29, 0.717) is 10.0 Å². The number of aryl methyl sites for hydroxylation is 1. The van der Waals surface area contributed by atoms with Crippen LogP contribution in [0.25, 0.3) is 0 Å². The van der Waals surface area contributed by atoms with E-state index in [1.165, 1.54) is 0 Å². The standard InChI is InChI=1S/C7H5Cl2I/c1-4-2-5(10)3-6(8)7(4)9/h2-3H,1H3. The van der Waals surface area contributed by atoms with Crippen LogP contribution < -0.4 is 0 Å². The highest BCUT2D eigenvalue weighted by Gasteiger charge is 2.01. The van der Waals surface area contributed by atoms with E-state index < -0.39 is 0 Å². The van der Waals surface area contributed by atoms with Crippen molar-refractivity contribution in [3.63, 3.8) is 0 Å². The van der Waals surface area contributed by atoms with Gasteiger partial charge in [-0.1, -0.05) is 23.2 Å². The molecule has 0 atom stereocenters. The second-order valence-electron chi connectivity index (χ2n) is 2.02. The molecule has 0 aliphatic carbocycles. The van der Waals surface area contributed by atoms with Crippen molar-refractivity contribution in [1.29, 1.82) is 0 Å². The van der Waals surface area contributed by atoms with E-state index in [2.05, 4.69) is 22.6 Å². The van der Waals surface area contributed by atoms with Crippen LogP contribution in [0.1, 0.15) is 5.56 Å². The molecule has 0 heterocycles. The summed E-state index contributed by atoms with van der Waals surface area (Å²) in [5.41, 5.74) is 1.03. The summed E-state index contributed by atoms with van der Waals surface area (Å²) in [7, 11) is 0. The Hall–Kier alpha value is 0.530. The first kappa shape index (κ1) is 8.62. The molecule has 54 valence electrons. The second kappa shape index (κ2) is 3.28. The summed E-state index contributed by atoms with van der Waals surface area (Å²) in [6.45, 7) is 1.94. The lowest BCUT2D eigenvalue weighted by atomic mass is 10.2. The van der Waals surface area contributed by atoms with Gasteiger partial charge in [0.25, 0.3) is 0 Å². The van der Waals surface area contributed by atoms with Gasteiger partial charge in [-0.2, -0.15) is 0 Å². The Balaban J connectivity index is 3.31. The summed E-state index contributed by atoms with van der Waals surface area (Å²) in [6, 6.07) is 3.84. The Labute approximate surface area is 83.7 Å². The summed E-state index contributed by atoms with van der Waals surface area (Å²) >= 11 is 13.8. The van der Waals surface area contributed by atoms with Crippen molar-refractivity contribution >= 4 is 45.8 Å². The van der Waals surface area contributed by atoms with E-state index in [1.54, 1.807) is 0 Å². The monoisotopic (exact) mass is 286 g/mol. The van der Waals surface area contributed by atoms with Crippen molar-refractivity contribution < 1.29 is 0 Å². The maximum Gasteiger partial charge on any atom is 0.0622 e. The molecule has 0 amide bonds. The lowest BCUT2D eigenvalue weighted by Crippen LogP contribution is -1.78. The minimum Gasteiger partial charge on any atom is -0.0827 e. The van der Waals surface area contributed by atoms with E-state index in [0.717, 1.165) is 9.13 Å². The average Bonchev–Trinajstić information content (AvgIpc) is 1.82. The van der Waals surface area contributed by atoms with Crippen molar-refractivity contribution in [2.45, 2.75) is 6.92 Å². The van der Waals surface area contributed by atoms with Gasteiger partial charge in [-0.05, 0) is 47.2 Å². The van der Waals surface area contributed by atoms with Crippen LogP contribution in [-0.4, -0.2) is 0 Å². The van der Waals surface area contributed by atoms with Gasteiger partial charge < -0.3 is 0 Å². The predicted molar refractivity (Wildman–Crippen MR) is 53.9 cm³/mol. The van der Waals surface area contributed by atoms with E-state index in [4.69, 9.17) is 23.2 Å². The summed E-state index contributed by atoms with van der Waals surface area (Å²) in [4.78, 5) is 0. The number of hydrogen-bond donors (Lipinski definition) is 0. The second-order valence-corrected chi connectivity index (χ2v) is 4.05. The van der Waals surface area contributed by atoms with E-state index in [9.17, 15) is 0 Å². The minimum atomic E-state index is 0.631. The molecule has 0 N–H and O–H groups in total. The number of hydrogen-bond acceptors (Lipinski definition) is 0. The molecule has 3 heteroatoms. The highest BCUT2D eigenvalue weighted by Crippen LogP contribution is 2.27. The highest BCUT2D eigenvalue weighted by atomic mass is 127. The molecule has 1 aromatic rings. The minimum absolute atomic E-state index is 0.631. The van der Waals surface area contributed by atoms with Gasteiger partial charge >= 0.3 is 0 Å². The largest absolute Gasteiger partial charge is 0.0827 e. The van der Waals surface area contributed by atoms with Crippen LogP contribution in [0.5, 0.6) is 0 Å². The van der Waals surface area contributed by atoms with Gasteiger partial charge in [-0.15, -0.1) is 0 Å². The molecule has 0 saturated carbocycles. The summed E-state index contributed by atoms with van der Waals surface area (Å²) < 4.78 is 1.12. The first-order valence-corrected chi connectivity index (χ1v) is 4.56. The number of halogens is 3. The zero-order chi connectivity index (χ0) is 7.72. The molecular formula is C7H5Cl2I. The Kier molecular flexibility index (Phi) is 2.83. The molecule has 1 rings (SSSR count). The molecule has 1 aromatic carbocycles. The fourth-order valence-corrected chi connectivity index (χ4v) is 2.02. The van der Waals surface area contributed by atoms with Crippen LogP contribution in [0.4, 0.5) is 0 Å². The maximum atomic E-state index is 5.81. The predicted octanol–water partition coefficient (Wildman–Crippen LogP) is 3.91. The smallest absolute Gasteiger partial charge is 0.0622 e. The quantitative estimate of drug-likeness (QED) is 0.501. The van der Waals surface area contributed by atoms with Crippen molar-refractivity contribution in [1.82, 2.24) is 0 Å². The van der Waals surface area contributed by atoms with Crippen LogP contribution >= 0.6 is 45.8 Å². The summed E-state index contributed by atoms with van der Waals surface area (Å²) in [5.74, 6) is 0. The maximum absolute atomic E-state index is 5.81. The summed E-state index contributed by atoms with van der Waals surface area (Å²) in [6.07, 6.45) is 0. The molecule has 0 spiro atoms. The van der Waals surface area contributed by atoms with Gasteiger partial charge in [0, 0.05) is 3.57 Å². The fraction of sp³-hybridized carbons (Fsp3) is 0.143. The Morgan fingerprint density at radius 2 is 1.90 bits per heavy atom. The van der Waals surface area contributed by atoms with Crippen molar-refractivity contribution in [3.8, 4) is 0 Å². The first-order chi connectivity index (χ1) is 4.61. The lowest BCUT2D eigenvalue weighted by molar-refractivity contribution is 1.45. The van der Waals surface area contributed by atoms with Crippen LogP contribution in [0.15, 0.2) is 12.1 Å². The van der Waals surface area contributed by atoms with E-state index >= 15 is 0 Å². The van der Waals surface area contributed by atoms with Crippen LogP contribution in [0.3, 0.4) is 0 Å². The third-order valence-corrected chi connectivity index (χ3v) is 2.69. The average molecular weight is 287 g/mol. The van der Waals surface area contributed by atoms with Gasteiger partial charge in [0.15, 0.2) is 0 Å². The van der Waals surface area contributed by atoms with Crippen LogP contribution in [0, 0.1) is 10.5 Å². The molecule has 0 aliphatic rings. The molecule has 0 fully saturated rings. The normalized spacial score (nSPS) is 10.0.